The zero-order chi connectivity index (χ0) is 66.8. The summed E-state index contributed by atoms with van der Waals surface area (Å²) in [5.74, 6) is 2.74. The van der Waals surface area contributed by atoms with Crippen LogP contribution < -0.4 is 14.5 Å². The molecule has 0 N–H and O–H groups in total. The van der Waals surface area contributed by atoms with Gasteiger partial charge in [0.2, 0.25) is 0 Å². The Morgan fingerprint density at radius 3 is 1.66 bits per heavy atom. The molecule has 86 heavy (non-hydrogen) atoms. The maximum Gasteiger partial charge on any atom is 0.141 e. The Morgan fingerprint density at radius 1 is 0.535 bits per heavy atom. The average Bonchev–Trinajstić information content (AvgIpc) is 1.25. The Bertz CT molecular complexity index is 4870. The number of rotatable bonds is 12. The molecule has 0 bridgehead atoms. The summed E-state index contributed by atoms with van der Waals surface area (Å²) in [5.41, 5.74) is 7.85. The number of anilines is 4. The van der Waals surface area contributed by atoms with Gasteiger partial charge in [-0.15, -0.1) is 35.7 Å². The third-order valence-electron chi connectivity index (χ3n) is 16.6. The van der Waals surface area contributed by atoms with Crippen LogP contribution in [0.15, 0.2) is 212 Å². The van der Waals surface area contributed by atoms with E-state index in [1.165, 1.54) is 0 Å². The Labute approximate surface area is 535 Å². The van der Waals surface area contributed by atoms with Crippen LogP contribution in [0.3, 0.4) is 0 Å². The average molecular weight is 1310 g/mol. The van der Waals surface area contributed by atoms with Crippen LogP contribution >= 0.6 is 0 Å². The van der Waals surface area contributed by atoms with Crippen LogP contribution in [-0.4, -0.2) is 31.2 Å². The molecule has 0 amide bonds. The van der Waals surface area contributed by atoms with Gasteiger partial charge in [-0.25, -0.2) is 19.9 Å². The first-order valence-electron chi connectivity index (χ1n) is 33.2. The first kappa shape index (κ1) is 47.3. The van der Waals surface area contributed by atoms with E-state index in [4.69, 9.17) is 32.9 Å². The summed E-state index contributed by atoms with van der Waals surface area (Å²) in [6, 6.07) is 50.2. The van der Waals surface area contributed by atoms with Crippen molar-refractivity contribution in [1.82, 2.24) is 24.5 Å². The van der Waals surface area contributed by atoms with Crippen molar-refractivity contribution in [1.29, 1.82) is 0 Å². The van der Waals surface area contributed by atoms with E-state index in [1.807, 2.05) is 134 Å². The monoisotopic (exact) mass is 1310 g/mol. The number of aromatic nitrogens is 5. The molecule has 12 aromatic rings. The predicted molar refractivity (Wildman–Crippen MR) is 351 cm³/mol. The topological polar surface area (TPSA) is 72.2 Å². The second kappa shape index (κ2) is 23.1. The number of fused-ring (bicyclic) bond motifs is 4. The second-order valence-corrected chi connectivity index (χ2v) is 23.5. The molecule has 0 spiro atoms. The molecule has 0 atom stereocenters. The van der Waals surface area contributed by atoms with Crippen molar-refractivity contribution < 1.29 is 39.5 Å². The van der Waals surface area contributed by atoms with E-state index in [2.05, 4.69) is 114 Å². The molecule has 0 aliphatic carbocycles. The summed E-state index contributed by atoms with van der Waals surface area (Å²) < 4.78 is 100.0. The van der Waals surface area contributed by atoms with E-state index >= 15 is 0 Å². The molecule has 1 aliphatic heterocycles. The van der Waals surface area contributed by atoms with Gasteiger partial charge in [0.1, 0.15) is 23.3 Å². The number of nitrogens with zero attached hydrogens (tertiary/aromatic N) is 7. The molecule has 432 valence electrons. The van der Waals surface area contributed by atoms with Gasteiger partial charge in [-0.3, -0.25) is 0 Å². The van der Waals surface area contributed by atoms with Crippen LogP contribution in [0.5, 0.6) is 11.5 Å². The van der Waals surface area contributed by atoms with E-state index in [-0.39, 0.29) is 74.3 Å². The first-order valence-corrected chi connectivity index (χ1v) is 28.2. The molecule has 4 heterocycles. The fourth-order valence-corrected chi connectivity index (χ4v) is 11.6. The molecular formula is C77H70N7OPt-3. The van der Waals surface area contributed by atoms with Crippen LogP contribution in [0.25, 0.3) is 61.3 Å². The van der Waals surface area contributed by atoms with Crippen LogP contribution in [0.1, 0.15) is 107 Å². The molecule has 13 rings (SSSR count). The first-order chi connectivity index (χ1) is 44.7. The van der Waals surface area contributed by atoms with Crippen molar-refractivity contribution in [2.45, 2.75) is 85.5 Å². The second-order valence-electron chi connectivity index (χ2n) is 23.5. The number of hydrogen-bond donors (Lipinski definition) is 0. The van der Waals surface area contributed by atoms with Gasteiger partial charge in [0.05, 0.1) is 37.4 Å². The maximum absolute atomic E-state index is 9.43. The van der Waals surface area contributed by atoms with Crippen molar-refractivity contribution in [2.24, 2.45) is 0 Å². The zero-order valence-electron chi connectivity index (χ0n) is 60.0. The molecule has 0 saturated heterocycles. The minimum absolute atomic E-state index is 0. The predicted octanol–water partition coefficient (Wildman–Crippen LogP) is 19.3. The number of benzene rings is 9. The van der Waals surface area contributed by atoms with Gasteiger partial charge in [0.15, 0.2) is 0 Å². The molecule has 0 unspecified atom stereocenters. The normalized spacial score (nSPS) is 14.1. The minimum atomic E-state index is -0.710. The van der Waals surface area contributed by atoms with E-state index in [9.17, 15) is 5.48 Å². The van der Waals surface area contributed by atoms with Crippen molar-refractivity contribution in [3.8, 4) is 51.0 Å². The van der Waals surface area contributed by atoms with Gasteiger partial charge in [-0.1, -0.05) is 183 Å². The van der Waals surface area contributed by atoms with Crippen LogP contribution in [0.4, 0.5) is 22.7 Å². The summed E-state index contributed by atoms with van der Waals surface area (Å²) in [6.45, 7) is 20.5. The fourth-order valence-electron chi connectivity index (χ4n) is 11.6. The van der Waals surface area contributed by atoms with E-state index in [0.29, 0.717) is 73.9 Å². The maximum atomic E-state index is 9.43. The molecule has 1 aliphatic rings. The zero-order valence-corrected chi connectivity index (χ0v) is 52.3. The quantitative estimate of drug-likeness (QED) is 0.113. The van der Waals surface area contributed by atoms with Gasteiger partial charge < -0.3 is 26.5 Å². The van der Waals surface area contributed by atoms with Gasteiger partial charge in [-0.2, -0.15) is 6.07 Å². The van der Waals surface area contributed by atoms with E-state index in [0.717, 1.165) is 33.0 Å². The van der Waals surface area contributed by atoms with Gasteiger partial charge in [0, 0.05) is 66.2 Å². The summed E-state index contributed by atoms with van der Waals surface area (Å²) in [4.78, 5) is 25.2. The van der Waals surface area contributed by atoms with Gasteiger partial charge in [0.25, 0.3) is 0 Å². The van der Waals surface area contributed by atoms with Crippen molar-refractivity contribution >= 4 is 44.6 Å². The minimum Gasteiger partial charge on any atom is -0.508 e. The Kier molecular flexibility index (Phi) is 12.7. The number of ether oxygens (including phenoxy) is 1. The number of hydrogen-bond acceptors (Lipinski definition) is 7. The summed E-state index contributed by atoms with van der Waals surface area (Å²) >= 11 is 0. The van der Waals surface area contributed by atoms with Gasteiger partial charge >= 0.3 is 0 Å². The van der Waals surface area contributed by atoms with Crippen molar-refractivity contribution in [3.05, 3.63) is 277 Å². The summed E-state index contributed by atoms with van der Waals surface area (Å²) in [6.07, 6.45) is 1.84. The molecule has 8 nitrogen and oxygen atoms in total. The summed E-state index contributed by atoms with van der Waals surface area (Å²) in [5, 5.41) is 1.80. The molecule has 0 radical (unpaired) electrons. The standard InChI is InChI=1S/C76H67N7O.CH3.Pt/c1-49-50(2)68(52-28-15-11-16-29-52)70(69(51(49)3)53-30-17-12-18-31-53)82-48-81(63-40-25-26-41-64(63)82)57-36-27-37-58(45-57)84-66-47-65-60(59-38-23-24-39-62(59)83(65)67-44-56(42-43-77-67)74(4,5)6)46-61(66)71-78-72(75(7,8)54-32-19-13-20-33-54)80-73(79-71)76(9,10)55-34-21-14-22-35-55;;/h11-44,46H,48H2,1-10H3;1H3;/q-2;-1;/i11D,12D,15D,16D,17D,18D,28D,29D,30D,31D;;. The summed E-state index contributed by atoms with van der Waals surface area (Å²) in [7, 11) is 0. The Morgan fingerprint density at radius 2 is 1.08 bits per heavy atom. The van der Waals surface area contributed by atoms with Gasteiger partial charge in [-0.05, 0) is 140 Å². The number of para-hydroxylation sites is 3. The van der Waals surface area contributed by atoms with Crippen molar-refractivity contribution in [2.75, 3.05) is 16.5 Å². The molecule has 0 saturated carbocycles. The molecule has 3 aromatic heterocycles. The van der Waals surface area contributed by atoms with E-state index < -0.39 is 71.3 Å². The third-order valence-corrected chi connectivity index (χ3v) is 16.6. The van der Waals surface area contributed by atoms with Crippen LogP contribution in [0, 0.1) is 40.3 Å². The van der Waals surface area contributed by atoms with Crippen LogP contribution in [-0.2, 0) is 37.3 Å². The SMILES string of the molecule is [2H]c1c([2H])c([2H])c(-c2c(C)c(C)c(C)c(-c3c([2H])c([2H])c([2H])c([2H])c3[2H])c2N2CN(c3[c-]c(Oc4[c-]c5c(cc4-c4nc(C(C)(C)c6ccccc6)nc(C(C)(C)c6ccccc6)n4)c4ccccc4n5-c4cc(C(C)(C)C)ccn4)ccc3)c3ccccc32)c([2H])c1[2H].[CH3-].[Pt]. The molecule has 9 heteroatoms. The molecule has 9 aromatic carbocycles. The van der Waals surface area contributed by atoms with E-state index in [1.54, 1.807) is 0 Å². The Balaban J connectivity index is 0.00000468. The largest absolute Gasteiger partial charge is 0.508 e. The molecular weight excluding hydrogens is 1230 g/mol. The third kappa shape index (κ3) is 10.4. The fraction of sp³-hybridized carbons (Fsp3) is 0.182. The van der Waals surface area contributed by atoms with Crippen molar-refractivity contribution in [3.63, 3.8) is 0 Å². The molecule has 0 fully saturated rings. The smallest absolute Gasteiger partial charge is 0.141 e. The number of pyridine rings is 1. The van der Waals surface area contributed by atoms with Crippen LogP contribution in [0.2, 0.25) is 0 Å². The Hall–Kier alpha value is -8.97.